The van der Waals surface area contributed by atoms with Crippen molar-refractivity contribution in [3.05, 3.63) is 23.8 Å². The highest BCUT2D eigenvalue weighted by Crippen LogP contribution is 2.07. The van der Waals surface area contributed by atoms with Gasteiger partial charge in [0.1, 0.15) is 7.85 Å². The Morgan fingerprint density at radius 3 is 2.70 bits per heavy atom. The first-order chi connectivity index (χ1) is 4.74. The van der Waals surface area contributed by atoms with Crippen LogP contribution < -0.4 is 5.46 Å². The van der Waals surface area contributed by atoms with E-state index in [-0.39, 0.29) is 0 Å². The summed E-state index contributed by atoms with van der Waals surface area (Å²) in [4.78, 5) is 10.9. The maximum atomic E-state index is 10.2. The van der Waals surface area contributed by atoms with Gasteiger partial charge in [0.25, 0.3) is 0 Å². The Balaban J connectivity index is 3.19. The number of aldehydes is 1. The average molecular weight is 148 g/mol. The second-order valence-corrected chi connectivity index (χ2v) is 2.42. The highest BCUT2D eigenvalue weighted by molar-refractivity contribution is 7.80. The summed E-state index contributed by atoms with van der Waals surface area (Å²) in [5, 5.41) is 0. The van der Waals surface area contributed by atoms with Crippen LogP contribution in [0.5, 0.6) is 0 Å². The number of benzene rings is 1. The molecule has 2 radical (unpaired) electrons. The first-order valence-corrected chi connectivity index (χ1v) is 3.22. The summed E-state index contributed by atoms with van der Waals surface area (Å²) in [6.45, 7) is 0. The normalized spacial score (nSPS) is 9.30. The van der Waals surface area contributed by atoms with Crippen LogP contribution in [0, 0.1) is 0 Å². The summed E-state index contributed by atoms with van der Waals surface area (Å²) in [5.41, 5.74) is 1.19. The van der Waals surface area contributed by atoms with Crippen LogP contribution in [0.2, 0.25) is 0 Å². The molecule has 1 nitrogen and oxygen atoms in total. The molecule has 48 valence electrons. The topological polar surface area (TPSA) is 17.1 Å². The monoisotopic (exact) mass is 148 g/mol. The summed E-state index contributed by atoms with van der Waals surface area (Å²) < 4.78 is 0. The lowest BCUT2D eigenvalue weighted by Crippen LogP contribution is -2.01. The van der Waals surface area contributed by atoms with Gasteiger partial charge in [-0.25, -0.2) is 0 Å². The molecular formula is C7H5BOS. The second kappa shape index (κ2) is 2.93. The van der Waals surface area contributed by atoms with E-state index in [1.165, 1.54) is 0 Å². The largest absolute Gasteiger partial charge is 0.298 e. The van der Waals surface area contributed by atoms with Crippen LogP contribution in [0.3, 0.4) is 0 Å². The predicted octanol–water partition coefficient (Wildman–Crippen LogP) is 0.582. The van der Waals surface area contributed by atoms with Gasteiger partial charge in [-0.05, 0) is 0 Å². The lowest BCUT2D eigenvalue weighted by atomic mass is 9.95. The van der Waals surface area contributed by atoms with Gasteiger partial charge >= 0.3 is 0 Å². The van der Waals surface area contributed by atoms with E-state index < -0.39 is 0 Å². The third kappa shape index (κ3) is 1.42. The Morgan fingerprint density at radius 1 is 1.50 bits per heavy atom. The molecule has 1 aromatic carbocycles. The molecule has 0 saturated heterocycles. The summed E-state index contributed by atoms with van der Waals surface area (Å²) >= 11 is 4.04. The maximum Gasteiger partial charge on any atom is 0.151 e. The Bertz CT molecular complexity index is 260. The van der Waals surface area contributed by atoms with Gasteiger partial charge in [-0.1, -0.05) is 23.7 Å². The molecule has 0 amide bonds. The minimum atomic E-state index is 0.567. The fourth-order valence-corrected chi connectivity index (χ4v) is 0.937. The minimum Gasteiger partial charge on any atom is -0.298 e. The van der Waals surface area contributed by atoms with Crippen molar-refractivity contribution in [2.75, 3.05) is 0 Å². The van der Waals surface area contributed by atoms with Crippen LogP contribution >= 0.6 is 12.6 Å². The SMILES string of the molecule is [B]c1ccc(C=O)c(S)c1. The lowest BCUT2D eigenvalue weighted by molar-refractivity contribution is 0.112. The molecule has 0 fully saturated rings. The molecule has 0 N–H and O–H groups in total. The molecule has 0 aliphatic heterocycles. The average Bonchev–Trinajstić information content (AvgIpc) is 1.88. The fraction of sp³-hybridized carbons (Fsp3) is 0. The smallest absolute Gasteiger partial charge is 0.151 e. The first kappa shape index (κ1) is 7.41. The van der Waals surface area contributed by atoms with Crippen LogP contribution in [-0.2, 0) is 0 Å². The van der Waals surface area contributed by atoms with Crippen molar-refractivity contribution in [2.45, 2.75) is 4.90 Å². The Labute approximate surface area is 66.3 Å². The summed E-state index contributed by atoms with van der Waals surface area (Å²) in [7, 11) is 5.42. The molecule has 0 bridgehead atoms. The van der Waals surface area contributed by atoms with E-state index in [1.54, 1.807) is 18.2 Å². The zero-order valence-electron chi connectivity index (χ0n) is 5.24. The molecule has 0 spiro atoms. The van der Waals surface area contributed by atoms with Crippen LogP contribution in [0.1, 0.15) is 10.4 Å². The molecule has 0 heterocycles. The number of hydrogen-bond acceptors (Lipinski definition) is 2. The van der Waals surface area contributed by atoms with Crippen LogP contribution in [0.4, 0.5) is 0 Å². The second-order valence-electron chi connectivity index (χ2n) is 1.94. The highest BCUT2D eigenvalue weighted by atomic mass is 32.1. The standard InChI is InChI=1S/C7H5BOS/c8-6-2-1-5(4-9)7(10)3-6/h1-4,10H. The quantitative estimate of drug-likeness (QED) is 0.350. The highest BCUT2D eigenvalue weighted by Gasteiger charge is 1.94. The lowest BCUT2D eigenvalue weighted by Gasteiger charge is -1.96. The van der Waals surface area contributed by atoms with Crippen LogP contribution in [0.25, 0.3) is 0 Å². The number of thiol groups is 1. The summed E-state index contributed by atoms with van der Waals surface area (Å²) in [6.07, 6.45) is 0.752. The van der Waals surface area contributed by atoms with Crippen molar-refractivity contribution in [2.24, 2.45) is 0 Å². The van der Waals surface area contributed by atoms with Gasteiger partial charge in [0.15, 0.2) is 6.29 Å². The first-order valence-electron chi connectivity index (χ1n) is 2.77. The van der Waals surface area contributed by atoms with Gasteiger partial charge in [-0.3, -0.25) is 4.79 Å². The molecule has 0 aliphatic rings. The van der Waals surface area contributed by atoms with E-state index in [0.29, 0.717) is 15.9 Å². The number of rotatable bonds is 1. The number of carbonyl (C=O) groups excluding carboxylic acids is 1. The number of hydrogen-bond donors (Lipinski definition) is 1. The Kier molecular flexibility index (Phi) is 2.17. The zero-order valence-corrected chi connectivity index (χ0v) is 6.14. The van der Waals surface area contributed by atoms with Gasteiger partial charge in [0, 0.05) is 10.5 Å². The summed E-state index contributed by atoms with van der Waals surface area (Å²) in [5.74, 6) is 0. The Hall–Kier alpha value is -0.695. The predicted molar refractivity (Wildman–Crippen MR) is 44.5 cm³/mol. The van der Waals surface area contributed by atoms with Crippen molar-refractivity contribution in [1.82, 2.24) is 0 Å². The van der Waals surface area contributed by atoms with Crippen molar-refractivity contribution >= 4 is 32.2 Å². The molecule has 3 heteroatoms. The molecule has 0 unspecified atom stereocenters. The molecular weight excluding hydrogens is 143 g/mol. The van der Waals surface area contributed by atoms with Gasteiger partial charge in [0.05, 0.1) is 0 Å². The Morgan fingerprint density at radius 2 is 2.20 bits per heavy atom. The van der Waals surface area contributed by atoms with E-state index in [9.17, 15) is 4.79 Å². The zero-order chi connectivity index (χ0) is 7.56. The maximum absolute atomic E-state index is 10.2. The van der Waals surface area contributed by atoms with Crippen molar-refractivity contribution in [3.63, 3.8) is 0 Å². The van der Waals surface area contributed by atoms with Gasteiger partial charge in [-0.2, -0.15) is 0 Å². The van der Waals surface area contributed by atoms with Gasteiger partial charge in [-0.15, -0.1) is 12.6 Å². The van der Waals surface area contributed by atoms with Crippen molar-refractivity contribution < 1.29 is 4.79 Å². The fourth-order valence-electron chi connectivity index (χ4n) is 0.660. The van der Waals surface area contributed by atoms with Crippen molar-refractivity contribution in [3.8, 4) is 0 Å². The molecule has 0 aliphatic carbocycles. The van der Waals surface area contributed by atoms with Crippen LogP contribution in [-0.4, -0.2) is 14.1 Å². The molecule has 0 aromatic heterocycles. The molecule has 1 rings (SSSR count). The molecule has 0 saturated carbocycles. The third-order valence-corrected chi connectivity index (χ3v) is 1.57. The van der Waals surface area contributed by atoms with E-state index in [0.717, 1.165) is 6.29 Å². The minimum absolute atomic E-state index is 0.567. The van der Waals surface area contributed by atoms with Gasteiger partial charge < -0.3 is 0 Å². The number of carbonyl (C=O) groups is 1. The van der Waals surface area contributed by atoms with E-state index >= 15 is 0 Å². The third-order valence-electron chi connectivity index (χ3n) is 1.18. The van der Waals surface area contributed by atoms with Crippen LogP contribution in [0.15, 0.2) is 23.1 Å². The van der Waals surface area contributed by atoms with E-state index in [4.69, 9.17) is 7.85 Å². The van der Waals surface area contributed by atoms with E-state index in [2.05, 4.69) is 12.6 Å². The van der Waals surface area contributed by atoms with E-state index in [1.807, 2.05) is 0 Å². The molecule has 10 heavy (non-hydrogen) atoms. The molecule has 1 aromatic rings. The van der Waals surface area contributed by atoms with Gasteiger partial charge in [0.2, 0.25) is 0 Å². The summed E-state index contributed by atoms with van der Waals surface area (Å²) in [6, 6.07) is 4.96. The molecule has 0 atom stereocenters. The van der Waals surface area contributed by atoms with Crippen molar-refractivity contribution in [1.29, 1.82) is 0 Å².